The van der Waals surface area contributed by atoms with Crippen LogP contribution in [0.25, 0.3) is 0 Å². The molecule has 10 heteroatoms. The summed E-state index contributed by atoms with van der Waals surface area (Å²) >= 11 is 1.47. The van der Waals surface area contributed by atoms with Crippen LogP contribution in [0.2, 0.25) is 0 Å². The molecule has 1 aromatic heterocycles. The number of carbonyl (C=O) groups is 2. The van der Waals surface area contributed by atoms with E-state index in [1.54, 1.807) is 16.0 Å². The molecule has 5 rings (SSSR count). The van der Waals surface area contributed by atoms with Crippen LogP contribution in [0.15, 0.2) is 57.5 Å². The number of rotatable bonds is 7. The summed E-state index contributed by atoms with van der Waals surface area (Å²) in [7, 11) is 0. The van der Waals surface area contributed by atoms with Crippen LogP contribution >= 0.6 is 11.3 Å². The van der Waals surface area contributed by atoms with Crippen LogP contribution < -0.4 is 5.32 Å². The average Bonchev–Trinajstić information content (AvgIpc) is 3.26. The number of hydrogen-bond donors (Lipinski definition) is 1. The Bertz CT molecular complexity index is 1110. The van der Waals surface area contributed by atoms with E-state index in [0.29, 0.717) is 25.2 Å². The molecule has 1 aliphatic carbocycles. The zero-order valence-electron chi connectivity index (χ0n) is 19.4. The van der Waals surface area contributed by atoms with Crippen molar-refractivity contribution >= 4 is 23.3 Å². The summed E-state index contributed by atoms with van der Waals surface area (Å²) in [6, 6.07) is 13.2. The molecule has 2 aliphatic heterocycles. The average molecular weight is 493 g/mol. The molecule has 9 nitrogen and oxygen atoms in total. The molecule has 1 saturated heterocycles. The number of nitrogens with one attached hydrogen (secondary N) is 1. The van der Waals surface area contributed by atoms with Crippen molar-refractivity contribution in [2.75, 3.05) is 19.6 Å². The van der Waals surface area contributed by atoms with Gasteiger partial charge in [0.25, 0.3) is 5.91 Å². The fourth-order valence-corrected chi connectivity index (χ4v) is 5.44. The normalized spacial score (nSPS) is 23.4. The van der Waals surface area contributed by atoms with Crippen molar-refractivity contribution in [2.24, 2.45) is 16.3 Å². The van der Waals surface area contributed by atoms with Gasteiger partial charge in [0, 0.05) is 24.0 Å². The molecule has 3 unspecified atom stereocenters. The molecule has 1 saturated carbocycles. The SMILES string of the molecule is N#CC1(N2CC(C(NC(=O)c3ccsc3)C3CCCN(C(=O)OCc4ccccc4)C3)N=N2)CC1. The zero-order chi connectivity index (χ0) is 24.3. The molecule has 3 atom stereocenters. The molecule has 1 aromatic carbocycles. The van der Waals surface area contributed by atoms with E-state index in [9.17, 15) is 14.9 Å². The quantitative estimate of drug-likeness (QED) is 0.628. The van der Waals surface area contributed by atoms with E-state index in [2.05, 4.69) is 21.7 Å². The molecule has 2 amide bonds. The molecule has 0 radical (unpaired) electrons. The van der Waals surface area contributed by atoms with Gasteiger partial charge in [-0.1, -0.05) is 35.6 Å². The number of nitriles is 1. The van der Waals surface area contributed by atoms with Crippen molar-refractivity contribution in [2.45, 2.75) is 49.9 Å². The number of thiophene rings is 1. The van der Waals surface area contributed by atoms with Crippen LogP contribution in [-0.2, 0) is 11.3 Å². The summed E-state index contributed by atoms with van der Waals surface area (Å²) in [6.07, 6.45) is 2.88. The number of likely N-dealkylation sites (tertiary alicyclic amines) is 1. The highest BCUT2D eigenvalue weighted by atomic mass is 32.1. The van der Waals surface area contributed by atoms with Crippen molar-refractivity contribution in [1.29, 1.82) is 5.26 Å². The van der Waals surface area contributed by atoms with E-state index < -0.39 is 5.54 Å². The highest BCUT2D eigenvalue weighted by Gasteiger charge is 2.52. The van der Waals surface area contributed by atoms with Gasteiger partial charge in [-0.3, -0.25) is 9.80 Å². The summed E-state index contributed by atoms with van der Waals surface area (Å²) in [5, 5.41) is 27.0. The van der Waals surface area contributed by atoms with Crippen molar-refractivity contribution in [3.63, 3.8) is 0 Å². The first-order chi connectivity index (χ1) is 17.1. The second kappa shape index (κ2) is 10.0. The summed E-state index contributed by atoms with van der Waals surface area (Å²) in [4.78, 5) is 27.5. The fraction of sp³-hybridized carbons (Fsp3) is 0.480. The maximum atomic E-state index is 13.0. The molecule has 0 bridgehead atoms. The minimum atomic E-state index is -0.556. The Hall–Kier alpha value is -3.45. The van der Waals surface area contributed by atoms with Crippen LogP contribution in [0, 0.1) is 17.2 Å². The zero-order valence-corrected chi connectivity index (χ0v) is 20.2. The summed E-state index contributed by atoms with van der Waals surface area (Å²) in [5.41, 5.74) is 0.991. The predicted molar refractivity (Wildman–Crippen MR) is 129 cm³/mol. The predicted octanol–water partition coefficient (Wildman–Crippen LogP) is 4.00. The number of amides is 2. The molecule has 3 heterocycles. The highest BCUT2D eigenvalue weighted by Crippen LogP contribution is 2.43. The number of piperidine rings is 1. The summed E-state index contributed by atoms with van der Waals surface area (Å²) in [5.74, 6) is -0.160. The van der Waals surface area contributed by atoms with Gasteiger partial charge in [-0.25, -0.2) is 4.79 Å². The first-order valence-electron chi connectivity index (χ1n) is 12.0. The summed E-state index contributed by atoms with van der Waals surface area (Å²) in [6.45, 7) is 1.79. The number of nitrogens with zero attached hydrogens (tertiary/aromatic N) is 5. The minimum Gasteiger partial charge on any atom is -0.445 e. The maximum absolute atomic E-state index is 13.0. The van der Waals surface area contributed by atoms with E-state index in [-0.39, 0.29) is 36.6 Å². The molecule has 3 aliphatic rings. The Labute approximate surface area is 208 Å². The molecule has 0 spiro atoms. The monoisotopic (exact) mass is 492 g/mol. The third kappa shape index (κ3) is 5.15. The van der Waals surface area contributed by atoms with Gasteiger partial charge in [-0.2, -0.15) is 21.7 Å². The molecule has 35 heavy (non-hydrogen) atoms. The van der Waals surface area contributed by atoms with Crippen LogP contribution in [0.1, 0.15) is 41.6 Å². The van der Waals surface area contributed by atoms with Crippen molar-refractivity contribution in [1.82, 2.24) is 15.2 Å². The Morgan fingerprint density at radius 3 is 2.80 bits per heavy atom. The van der Waals surface area contributed by atoms with Crippen LogP contribution in [0.5, 0.6) is 0 Å². The van der Waals surface area contributed by atoms with Crippen LogP contribution in [-0.4, -0.2) is 59.2 Å². The maximum Gasteiger partial charge on any atom is 0.410 e. The molecule has 2 fully saturated rings. The Balaban J connectivity index is 1.27. The lowest BCUT2D eigenvalue weighted by Gasteiger charge is -2.38. The van der Waals surface area contributed by atoms with Gasteiger partial charge >= 0.3 is 6.09 Å². The van der Waals surface area contributed by atoms with E-state index in [1.165, 1.54) is 11.3 Å². The molecular weight excluding hydrogens is 464 g/mol. The second-order valence-electron chi connectivity index (χ2n) is 9.40. The van der Waals surface area contributed by atoms with Crippen LogP contribution in [0.3, 0.4) is 0 Å². The minimum absolute atomic E-state index is 0.00301. The largest absolute Gasteiger partial charge is 0.445 e. The molecular formula is C25H28N6O3S. The van der Waals surface area contributed by atoms with Crippen molar-refractivity contribution in [3.05, 3.63) is 58.3 Å². The van der Waals surface area contributed by atoms with E-state index in [1.807, 2.05) is 41.1 Å². The van der Waals surface area contributed by atoms with E-state index >= 15 is 0 Å². The molecule has 2 aromatic rings. The lowest BCUT2D eigenvalue weighted by molar-refractivity contribution is 0.0683. The standard InChI is InChI=1S/C25H28N6O3S/c26-17-25(9-10-25)31-14-21(28-29-31)22(27-23(32)20-8-12-35-16-20)19-7-4-11-30(13-19)24(33)34-15-18-5-2-1-3-6-18/h1-3,5-6,8,12,16,19,21-22H,4,7,9-11,13-15H2,(H,27,32). The molecule has 1 N–H and O–H groups in total. The topological polar surface area (TPSA) is 110 Å². The number of carbonyl (C=O) groups excluding carboxylic acids is 2. The number of ether oxygens (including phenoxy) is 1. The Morgan fingerprint density at radius 2 is 2.09 bits per heavy atom. The lowest BCUT2D eigenvalue weighted by atomic mass is 9.86. The Kier molecular flexibility index (Phi) is 6.68. The van der Waals surface area contributed by atoms with Gasteiger partial charge in [0.2, 0.25) is 0 Å². The molecule has 182 valence electrons. The second-order valence-corrected chi connectivity index (χ2v) is 10.2. The fourth-order valence-electron chi connectivity index (χ4n) is 4.81. The first-order valence-corrected chi connectivity index (χ1v) is 12.9. The first kappa shape index (κ1) is 23.3. The van der Waals surface area contributed by atoms with Gasteiger partial charge in [-0.05, 0) is 48.6 Å². The summed E-state index contributed by atoms with van der Waals surface area (Å²) < 4.78 is 5.56. The smallest absolute Gasteiger partial charge is 0.410 e. The van der Waals surface area contributed by atoms with Crippen molar-refractivity contribution in [3.8, 4) is 6.07 Å². The van der Waals surface area contributed by atoms with Crippen molar-refractivity contribution < 1.29 is 14.3 Å². The third-order valence-electron chi connectivity index (χ3n) is 7.02. The van der Waals surface area contributed by atoms with E-state index in [4.69, 9.17) is 4.74 Å². The Morgan fingerprint density at radius 1 is 1.26 bits per heavy atom. The number of hydrogen-bond acceptors (Lipinski definition) is 8. The highest BCUT2D eigenvalue weighted by molar-refractivity contribution is 7.08. The van der Waals surface area contributed by atoms with Gasteiger partial charge < -0.3 is 15.0 Å². The van der Waals surface area contributed by atoms with Gasteiger partial charge in [0.15, 0.2) is 0 Å². The third-order valence-corrected chi connectivity index (χ3v) is 7.70. The van der Waals surface area contributed by atoms with Crippen LogP contribution in [0.4, 0.5) is 4.79 Å². The van der Waals surface area contributed by atoms with Gasteiger partial charge in [-0.15, -0.1) is 0 Å². The van der Waals surface area contributed by atoms with Gasteiger partial charge in [0.05, 0.1) is 18.7 Å². The van der Waals surface area contributed by atoms with Gasteiger partial charge in [0.1, 0.15) is 18.2 Å². The number of benzene rings is 1. The van der Waals surface area contributed by atoms with E-state index in [0.717, 1.165) is 31.2 Å². The lowest BCUT2D eigenvalue weighted by Crippen LogP contribution is -2.54.